The van der Waals surface area contributed by atoms with Gasteiger partial charge >= 0.3 is 5.97 Å². The van der Waals surface area contributed by atoms with Crippen LogP contribution in [0.2, 0.25) is 5.02 Å². The normalized spacial score (nSPS) is 12.1. The first kappa shape index (κ1) is 13.8. The van der Waals surface area contributed by atoms with Crippen molar-refractivity contribution in [3.8, 4) is 5.75 Å². The number of hydrogen-bond donors (Lipinski definition) is 1. The lowest BCUT2D eigenvalue weighted by atomic mass is 10.0. The van der Waals surface area contributed by atoms with Gasteiger partial charge in [-0.25, -0.2) is 4.79 Å². The Balaban J connectivity index is 3.15. The highest BCUT2D eigenvalue weighted by molar-refractivity contribution is 6.30. The van der Waals surface area contributed by atoms with Gasteiger partial charge < -0.3 is 14.6 Å². The predicted octanol–water partition coefficient (Wildman–Crippen LogP) is 2.25. The molecule has 0 radical (unpaired) electrons. The average molecular weight is 259 g/mol. The third kappa shape index (κ3) is 3.11. The van der Waals surface area contributed by atoms with Crippen molar-refractivity contribution in [1.82, 2.24) is 0 Å². The van der Waals surface area contributed by atoms with Gasteiger partial charge in [0.15, 0.2) is 6.10 Å². The first-order valence-corrected chi connectivity index (χ1v) is 5.57. The van der Waals surface area contributed by atoms with Crippen LogP contribution in [0.3, 0.4) is 0 Å². The Morgan fingerprint density at radius 2 is 2.18 bits per heavy atom. The number of rotatable bonds is 4. The number of ether oxygens (including phenoxy) is 2. The molecule has 0 amide bonds. The van der Waals surface area contributed by atoms with Gasteiger partial charge in [-0.1, -0.05) is 11.6 Å². The molecular formula is C12H15ClO4. The zero-order valence-corrected chi connectivity index (χ0v) is 10.7. The van der Waals surface area contributed by atoms with Crippen molar-refractivity contribution in [2.24, 2.45) is 0 Å². The van der Waals surface area contributed by atoms with E-state index in [2.05, 4.69) is 0 Å². The van der Waals surface area contributed by atoms with Crippen LogP contribution < -0.4 is 4.74 Å². The molecule has 0 aromatic heterocycles. The van der Waals surface area contributed by atoms with Crippen molar-refractivity contribution in [2.75, 3.05) is 13.7 Å². The standard InChI is InChI=1S/C12H15ClO4/c1-4-17-12(15)10(14)9-6-8(13)5-7(2)11(9)16-3/h5-6,10,14H,4H2,1-3H3. The van der Waals surface area contributed by atoms with Crippen molar-refractivity contribution >= 4 is 17.6 Å². The maximum atomic E-state index is 11.5. The maximum Gasteiger partial charge on any atom is 0.339 e. The Kier molecular flexibility index (Phi) is 4.78. The highest BCUT2D eigenvalue weighted by atomic mass is 35.5. The van der Waals surface area contributed by atoms with Crippen LogP contribution >= 0.6 is 11.6 Å². The fraction of sp³-hybridized carbons (Fsp3) is 0.417. The molecule has 0 spiro atoms. The molecule has 0 saturated carbocycles. The molecule has 17 heavy (non-hydrogen) atoms. The second-order valence-corrected chi connectivity index (χ2v) is 3.94. The summed E-state index contributed by atoms with van der Waals surface area (Å²) in [6.07, 6.45) is -1.39. The van der Waals surface area contributed by atoms with Gasteiger partial charge in [0, 0.05) is 10.6 Å². The van der Waals surface area contributed by atoms with E-state index in [4.69, 9.17) is 21.1 Å². The molecule has 5 heteroatoms. The van der Waals surface area contributed by atoms with Gasteiger partial charge in [-0.05, 0) is 31.5 Å². The Morgan fingerprint density at radius 3 is 2.71 bits per heavy atom. The van der Waals surface area contributed by atoms with Crippen molar-refractivity contribution in [3.63, 3.8) is 0 Å². The number of aryl methyl sites for hydroxylation is 1. The van der Waals surface area contributed by atoms with E-state index in [9.17, 15) is 9.90 Å². The lowest BCUT2D eigenvalue weighted by molar-refractivity contribution is -0.153. The minimum atomic E-state index is -1.39. The van der Waals surface area contributed by atoms with Gasteiger partial charge in [0.1, 0.15) is 5.75 Å². The average Bonchev–Trinajstić information content (AvgIpc) is 2.27. The lowest BCUT2D eigenvalue weighted by Crippen LogP contribution is -2.16. The SMILES string of the molecule is CCOC(=O)C(O)c1cc(Cl)cc(C)c1OC. The van der Waals surface area contributed by atoms with E-state index in [1.165, 1.54) is 13.2 Å². The Labute approximate surface area is 105 Å². The molecule has 0 heterocycles. The Hall–Kier alpha value is -1.26. The number of carbonyl (C=O) groups excluding carboxylic acids is 1. The zero-order valence-electron chi connectivity index (χ0n) is 9.99. The third-order valence-electron chi connectivity index (χ3n) is 2.28. The monoisotopic (exact) mass is 258 g/mol. The van der Waals surface area contributed by atoms with E-state index >= 15 is 0 Å². The number of benzene rings is 1. The maximum absolute atomic E-state index is 11.5. The van der Waals surface area contributed by atoms with Crippen molar-refractivity contribution in [1.29, 1.82) is 0 Å². The fourth-order valence-electron chi connectivity index (χ4n) is 1.59. The van der Waals surface area contributed by atoms with E-state index in [0.717, 1.165) is 5.56 Å². The predicted molar refractivity (Wildman–Crippen MR) is 64.3 cm³/mol. The number of carbonyl (C=O) groups is 1. The molecule has 0 aliphatic rings. The summed E-state index contributed by atoms with van der Waals surface area (Å²) in [6, 6.07) is 3.19. The summed E-state index contributed by atoms with van der Waals surface area (Å²) in [7, 11) is 1.47. The summed E-state index contributed by atoms with van der Waals surface area (Å²) in [6.45, 7) is 3.66. The molecule has 1 aromatic carbocycles. The molecule has 1 N–H and O–H groups in total. The zero-order chi connectivity index (χ0) is 13.0. The van der Waals surface area contributed by atoms with Crippen LogP contribution in [0.15, 0.2) is 12.1 Å². The molecular weight excluding hydrogens is 244 g/mol. The second kappa shape index (κ2) is 5.89. The van der Waals surface area contributed by atoms with Crippen LogP contribution in [0, 0.1) is 6.92 Å². The van der Waals surface area contributed by atoms with Gasteiger partial charge in [-0.3, -0.25) is 0 Å². The van der Waals surface area contributed by atoms with Gasteiger partial charge in [0.25, 0.3) is 0 Å². The van der Waals surface area contributed by atoms with E-state index < -0.39 is 12.1 Å². The van der Waals surface area contributed by atoms with Gasteiger partial charge in [-0.2, -0.15) is 0 Å². The number of halogens is 1. The number of methoxy groups -OCH3 is 1. The van der Waals surface area contributed by atoms with E-state index in [1.807, 2.05) is 0 Å². The van der Waals surface area contributed by atoms with Gasteiger partial charge in [-0.15, -0.1) is 0 Å². The molecule has 1 atom stereocenters. The van der Waals surface area contributed by atoms with E-state index in [0.29, 0.717) is 16.3 Å². The van der Waals surface area contributed by atoms with E-state index in [1.54, 1.807) is 19.9 Å². The minimum absolute atomic E-state index is 0.206. The highest BCUT2D eigenvalue weighted by Gasteiger charge is 2.24. The van der Waals surface area contributed by atoms with Crippen molar-refractivity contribution in [3.05, 3.63) is 28.3 Å². The van der Waals surface area contributed by atoms with Crippen LogP contribution in [-0.2, 0) is 9.53 Å². The summed E-state index contributed by atoms with van der Waals surface area (Å²) in [5, 5.41) is 10.3. The summed E-state index contributed by atoms with van der Waals surface area (Å²) < 4.78 is 9.90. The van der Waals surface area contributed by atoms with Crippen LogP contribution in [-0.4, -0.2) is 24.8 Å². The topological polar surface area (TPSA) is 55.8 Å². The molecule has 0 fully saturated rings. The van der Waals surface area contributed by atoms with Crippen LogP contribution in [0.1, 0.15) is 24.2 Å². The molecule has 0 aliphatic carbocycles. The molecule has 0 aliphatic heterocycles. The molecule has 4 nitrogen and oxygen atoms in total. The number of aliphatic hydroxyl groups excluding tert-OH is 1. The molecule has 1 aromatic rings. The Bertz CT molecular complexity index is 417. The number of aliphatic hydroxyl groups is 1. The summed E-state index contributed by atoms with van der Waals surface area (Å²) in [5.41, 5.74) is 1.06. The van der Waals surface area contributed by atoms with Crippen LogP contribution in [0.25, 0.3) is 0 Å². The second-order valence-electron chi connectivity index (χ2n) is 3.50. The van der Waals surface area contributed by atoms with Crippen LogP contribution in [0.4, 0.5) is 0 Å². The molecule has 1 unspecified atom stereocenters. The Morgan fingerprint density at radius 1 is 1.53 bits per heavy atom. The summed E-state index contributed by atoms with van der Waals surface area (Å²) >= 11 is 5.89. The largest absolute Gasteiger partial charge is 0.496 e. The first-order chi connectivity index (χ1) is 8.01. The van der Waals surface area contributed by atoms with Gasteiger partial charge in [0.05, 0.1) is 13.7 Å². The summed E-state index contributed by atoms with van der Waals surface area (Å²) in [5.74, 6) is -0.276. The third-order valence-corrected chi connectivity index (χ3v) is 2.49. The van der Waals surface area contributed by atoms with Gasteiger partial charge in [0.2, 0.25) is 0 Å². The quantitative estimate of drug-likeness (QED) is 0.842. The fourth-order valence-corrected chi connectivity index (χ4v) is 1.87. The highest BCUT2D eigenvalue weighted by Crippen LogP contribution is 2.32. The van der Waals surface area contributed by atoms with Crippen LogP contribution in [0.5, 0.6) is 5.75 Å². The molecule has 94 valence electrons. The van der Waals surface area contributed by atoms with E-state index in [-0.39, 0.29) is 6.61 Å². The first-order valence-electron chi connectivity index (χ1n) is 5.20. The minimum Gasteiger partial charge on any atom is -0.496 e. The number of esters is 1. The molecule has 1 rings (SSSR count). The lowest BCUT2D eigenvalue weighted by Gasteiger charge is -2.16. The molecule has 0 saturated heterocycles. The number of hydrogen-bond acceptors (Lipinski definition) is 4. The smallest absolute Gasteiger partial charge is 0.339 e. The van der Waals surface area contributed by atoms with Crippen molar-refractivity contribution in [2.45, 2.75) is 20.0 Å². The molecule has 0 bridgehead atoms. The van der Waals surface area contributed by atoms with Crippen molar-refractivity contribution < 1.29 is 19.4 Å². The summed E-state index contributed by atoms with van der Waals surface area (Å²) in [4.78, 5) is 11.5.